The van der Waals surface area contributed by atoms with Crippen LogP contribution in [0.3, 0.4) is 0 Å². The summed E-state index contributed by atoms with van der Waals surface area (Å²) in [5.41, 5.74) is 0.618. The molecule has 3 heterocycles. The Morgan fingerprint density at radius 3 is 3.22 bits per heavy atom. The van der Waals surface area contributed by atoms with Crippen molar-refractivity contribution in [3.05, 3.63) is 23.8 Å². The summed E-state index contributed by atoms with van der Waals surface area (Å²) in [7, 11) is 0. The molecule has 2 aromatic rings. The van der Waals surface area contributed by atoms with Crippen LogP contribution >= 0.6 is 11.3 Å². The zero-order valence-electron chi connectivity index (χ0n) is 13.1. The minimum atomic E-state index is -0.105. The molecule has 1 amide bonds. The summed E-state index contributed by atoms with van der Waals surface area (Å²) >= 11 is 1.38. The maximum absolute atomic E-state index is 12.2. The Bertz CT molecular complexity index is 655. The molecule has 1 saturated heterocycles. The Morgan fingerprint density at radius 1 is 1.61 bits per heavy atom. The van der Waals surface area contributed by atoms with Crippen molar-refractivity contribution in [2.75, 3.05) is 31.6 Å². The monoisotopic (exact) mass is 335 g/mol. The number of hydrogen-bond acceptors (Lipinski definition) is 6. The van der Waals surface area contributed by atoms with Gasteiger partial charge in [-0.15, -0.1) is 11.3 Å². The molecular formula is C16H21N3O3S. The molecule has 0 aliphatic carbocycles. The molecule has 23 heavy (non-hydrogen) atoms. The fraction of sp³-hybridized carbons (Fsp3) is 0.500. The smallest absolute Gasteiger partial charge is 0.240 e. The van der Waals surface area contributed by atoms with Gasteiger partial charge in [-0.25, -0.2) is 4.98 Å². The average molecular weight is 335 g/mol. The zero-order valence-corrected chi connectivity index (χ0v) is 13.9. The molecule has 0 aromatic carbocycles. The molecule has 6 nitrogen and oxygen atoms in total. The van der Waals surface area contributed by atoms with Crippen molar-refractivity contribution < 1.29 is 14.3 Å². The minimum Gasteiger partial charge on any atom is -0.463 e. The normalized spacial score (nSPS) is 22.2. The SMILES string of the molecule is CC1(CO)CCCN(CC(=O)Nc2nc(-c3ccco3)cs2)C1. The third kappa shape index (κ3) is 3.99. The van der Waals surface area contributed by atoms with Gasteiger partial charge in [0.1, 0.15) is 5.69 Å². The predicted molar refractivity (Wildman–Crippen MR) is 89.3 cm³/mol. The zero-order chi connectivity index (χ0) is 16.3. The first-order chi connectivity index (χ1) is 11.1. The van der Waals surface area contributed by atoms with Crippen LogP contribution in [0.5, 0.6) is 0 Å². The summed E-state index contributed by atoms with van der Waals surface area (Å²) < 4.78 is 5.29. The van der Waals surface area contributed by atoms with E-state index in [1.807, 2.05) is 11.4 Å². The number of furan rings is 1. The third-order valence-electron chi connectivity index (χ3n) is 4.13. The van der Waals surface area contributed by atoms with Gasteiger partial charge in [0.2, 0.25) is 5.91 Å². The van der Waals surface area contributed by atoms with Crippen LogP contribution in [0, 0.1) is 5.41 Å². The predicted octanol–water partition coefficient (Wildman–Crippen LogP) is 2.44. The number of rotatable bonds is 5. The van der Waals surface area contributed by atoms with E-state index in [0.717, 1.165) is 31.6 Å². The lowest BCUT2D eigenvalue weighted by Gasteiger charge is -2.38. The van der Waals surface area contributed by atoms with Gasteiger partial charge in [0, 0.05) is 23.9 Å². The molecule has 2 aromatic heterocycles. The highest BCUT2D eigenvalue weighted by Gasteiger charge is 2.31. The van der Waals surface area contributed by atoms with E-state index in [-0.39, 0.29) is 17.9 Å². The van der Waals surface area contributed by atoms with Gasteiger partial charge in [-0.3, -0.25) is 9.69 Å². The lowest BCUT2D eigenvalue weighted by Crippen LogP contribution is -2.46. The van der Waals surface area contributed by atoms with Crippen molar-refractivity contribution in [3.8, 4) is 11.5 Å². The summed E-state index contributed by atoms with van der Waals surface area (Å²) in [6.45, 7) is 4.17. The molecule has 3 rings (SSSR count). The van der Waals surface area contributed by atoms with Crippen LogP contribution in [0.2, 0.25) is 0 Å². The number of likely N-dealkylation sites (tertiary alicyclic amines) is 1. The van der Waals surface area contributed by atoms with E-state index in [1.165, 1.54) is 11.3 Å². The van der Waals surface area contributed by atoms with Gasteiger partial charge >= 0.3 is 0 Å². The summed E-state index contributed by atoms with van der Waals surface area (Å²) in [5, 5.41) is 14.8. The van der Waals surface area contributed by atoms with Crippen molar-refractivity contribution in [1.29, 1.82) is 0 Å². The van der Waals surface area contributed by atoms with Crippen molar-refractivity contribution in [1.82, 2.24) is 9.88 Å². The first kappa shape index (κ1) is 16.2. The summed E-state index contributed by atoms with van der Waals surface area (Å²) in [5.74, 6) is 0.615. The Labute approximate surface area is 139 Å². The van der Waals surface area contributed by atoms with Crippen LogP contribution in [0.1, 0.15) is 19.8 Å². The first-order valence-corrected chi connectivity index (χ1v) is 8.58. The van der Waals surface area contributed by atoms with Gasteiger partial charge in [0.15, 0.2) is 10.9 Å². The quantitative estimate of drug-likeness (QED) is 0.877. The van der Waals surface area contributed by atoms with Crippen LogP contribution < -0.4 is 5.32 Å². The van der Waals surface area contributed by atoms with E-state index in [1.54, 1.807) is 12.3 Å². The van der Waals surface area contributed by atoms with Crippen molar-refractivity contribution >= 4 is 22.4 Å². The van der Waals surface area contributed by atoms with E-state index in [4.69, 9.17) is 4.42 Å². The number of amides is 1. The Kier molecular flexibility index (Phi) is 4.79. The van der Waals surface area contributed by atoms with E-state index >= 15 is 0 Å². The first-order valence-electron chi connectivity index (χ1n) is 7.70. The number of piperidine rings is 1. The minimum absolute atomic E-state index is 0.0764. The molecule has 1 aliphatic rings. The maximum Gasteiger partial charge on any atom is 0.240 e. The number of nitrogens with zero attached hydrogens (tertiary/aromatic N) is 2. The molecule has 1 unspecified atom stereocenters. The largest absolute Gasteiger partial charge is 0.463 e. The number of carbonyl (C=O) groups excluding carboxylic acids is 1. The third-order valence-corrected chi connectivity index (χ3v) is 4.89. The van der Waals surface area contributed by atoms with Crippen molar-refractivity contribution in [2.24, 2.45) is 5.41 Å². The second-order valence-electron chi connectivity index (χ2n) is 6.35. The topological polar surface area (TPSA) is 78.6 Å². The Balaban J connectivity index is 1.55. The van der Waals surface area contributed by atoms with Crippen LogP contribution in [-0.4, -0.2) is 47.1 Å². The van der Waals surface area contributed by atoms with Crippen LogP contribution in [-0.2, 0) is 4.79 Å². The number of nitrogens with one attached hydrogen (secondary N) is 1. The van der Waals surface area contributed by atoms with Crippen molar-refractivity contribution in [2.45, 2.75) is 19.8 Å². The molecule has 0 bridgehead atoms. The molecule has 1 aliphatic heterocycles. The van der Waals surface area contributed by atoms with Crippen LogP contribution in [0.15, 0.2) is 28.2 Å². The van der Waals surface area contributed by atoms with Gasteiger partial charge in [0.25, 0.3) is 0 Å². The highest BCUT2D eigenvalue weighted by molar-refractivity contribution is 7.14. The average Bonchev–Trinajstić information content (AvgIpc) is 3.18. The molecule has 0 radical (unpaired) electrons. The van der Waals surface area contributed by atoms with Gasteiger partial charge in [-0.2, -0.15) is 0 Å². The van der Waals surface area contributed by atoms with E-state index in [9.17, 15) is 9.90 Å². The molecule has 1 fully saturated rings. The highest BCUT2D eigenvalue weighted by atomic mass is 32.1. The highest BCUT2D eigenvalue weighted by Crippen LogP contribution is 2.29. The molecule has 0 saturated carbocycles. The fourth-order valence-corrected chi connectivity index (χ4v) is 3.64. The summed E-state index contributed by atoms with van der Waals surface area (Å²) in [4.78, 5) is 18.7. The fourth-order valence-electron chi connectivity index (χ4n) is 2.92. The molecule has 7 heteroatoms. The second-order valence-corrected chi connectivity index (χ2v) is 7.20. The summed E-state index contributed by atoms with van der Waals surface area (Å²) in [6, 6.07) is 3.64. The standard InChI is InChI=1S/C16H21N3O3S/c1-16(11-20)5-3-6-19(10-16)8-14(21)18-15-17-12(9-23-15)13-4-2-7-22-13/h2,4,7,9,20H,3,5-6,8,10-11H2,1H3,(H,17,18,21). The molecule has 0 spiro atoms. The summed E-state index contributed by atoms with van der Waals surface area (Å²) in [6.07, 6.45) is 3.60. The van der Waals surface area contributed by atoms with E-state index < -0.39 is 0 Å². The van der Waals surface area contributed by atoms with Crippen molar-refractivity contribution in [3.63, 3.8) is 0 Å². The van der Waals surface area contributed by atoms with E-state index in [2.05, 4.69) is 22.1 Å². The van der Waals surface area contributed by atoms with Gasteiger partial charge in [0.05, 0.1) is 12.8 Å². The molecular weight excluding hydrogens is 314 g/mol. The number of anilines is 1. The number of aromatic nitrogens is 1. The van der Waals surface area contributed by atoms with E-state index in [0.29, 0.717) is 17.4 Å². The number of hydrogen-bond donors (Lipinski definition) is 2. The number of aliphatic hydroxyl groups excluding tert-OH is 1. The molecule has 2 N–H and O–H groups in total. The second kappa shape index (κ2) is 6.82. The maximum atomic E-state index is 12.2. The Morgan fingerprint density at radius 2 is 2.48 bits per heavy atom. The number of carbonyl (C=O) groups is 1. The molecule has 1 atom stereocenters. The van der Waals surface area contributed by atoms with Gasteiger partial charge < -0.3 is 14.8 Å². The lowest BCUT2D eigenvalue weighted by molar-refractivity contribution is -0.118. The number of thiazole rings is 1. The lowest BCUT2D eigenvalue weighted by atomic mass is 9.83. The van der Waals surface area contributed by atoms with Crippen LogP contribution in [0.4, 0.5) is 5.13 Å². The van der Waals surface area contributed by atoms with Crippen LogP contribution in [0.25, 0.3) is 11.5 Å². The molecule has 124 valence electrons. The Hall–Kier alpha value is -1.70. The van der Waals surface area contributed by atoms with Gasteiger partial charge in [-0.05, 0) is 31.5 Å². The number of aliphatic hydroxyl groups is 1. The van der Waals surface area contributed by atoms with Gasteiger partial charge in [-0.1, -0.05) is 6.92 Å².